The van der Waals surface area contributed by atoms with Gasteiger partial charge < -0.3 is 14.8 Å². The molecule has 0 amide bonds. The highest BCUT2D eigenvalue weighted by Gasteiger charge is 2.39. The SMILES string of the molecule is CC(C)C(NC1CCOC2(CCOCC2)C1)c1cccs1. The molecule has 118 valence electrons. The van der Waals surface area contributed by atoms with Crippen LogP contribution in [-0.2, 0) is 9.47 Å². The van der Waals surface area contributed by atoms with Crippen LogP contribution in [0, 0.1) is 5.92 Å². The van der Waals surface area contributed by atoms with Crippen LogP contribution in [0.3, 0.4) is 0 Å². The quantitative estimate of drug-likeness (QED) is 0.918. The van der Waals surface area contributed by atoms with Crippen molar-refractivity contribution in [2.75, 3.05) is 19.8 Å². The van der Waals surface area contributed by atoms with Gasteiger partial charge in [-0.1, -0.05) is 19.9 Å². The second kappa shape index (κ2) is 6.78. The molecule has 21 heavy (non-hydrogen) atoms. The van der Waals surface area contributed by atoms with Crippen molar-refractivity contribution in [2.24, 2.45) is 5.92 Å². The van der Waals surface area contributed by atoms with Gasteiger partial charge in [-0.05, 0) is 43.0 Å². The minimum absolute atomic E-state index is 0.0745. The lowest BCUT2D eigenvalue weighted by Gasteiger charge is -2.44. The summed E-state index contributed by atoms with van der Waals surface area (Å²) in [6, 6.07) is 5.43. The van der Waals surface area contributed by atoms with Gasteiger partial charge in [0.25, 0.3) is 0 Å². The van der Waals surface area contributed by atoms with Crippen molar-refractivity contribution in [1.29, 1.82) is 0 Å². The average molecular weight is 309 g/mol. The van der Waals surface area contributed by atoms with E-state index in [1.165, 1.54) is 4.88 Å². The Labute approximate surface area is 132 Å². The van der Waals surface area contributed by atoms with E-state index >= 15 is 0 Å². The zero-order valence-electron chi connectivity index (χ0n) is 13.1. The van der Waals surface area contributed by atoms with Gasteiger partial charge in [0.2, 0.25) is 0 Å². The van der Waals surface area contributed by atoms with E-state index in [1.807, 2.05) is 11.3 Å². The van der Waals surface area contributed by atoms with E-state index < -0.39 is 0 Å². The van der Waals surface area contributed by atoms with Gasteiger partial charge in [0.05, 0.1) is 5.60 Å². The molecule has 2 fully saturated rings. The monoisotopic (exact) mass is 309 g/mol. The van der Waals surface area contributed by atoms with Gasteiger partial charge in [-0.3, -0.25) is 0 Å². The lowest BCUT2D eigenvalue weighted by molar-refractivity contribution is -0.141. The van der Waals surface area contributed by atoms with Crippen LogP contribution in [0.4, 0.5) is 0 Å². The Kier molecular flexibility index (Phi) is 4.99. The third kappa shape index (κ3) is 3.67. The second-order valence-electron chi connectivity index (χ2n) is 6.74. The van der Waals surface area contributed by atoms with Crippen LogP contribution in [0.1, 0.15) is 50.4 Å². The maximum Gasteiger partial charge on any atom is 0.0741 e. The molecule has 0 radical (unpaired) electrons. The summed E-state index contributed by atoms with van der Waals surface area (Å²) in [6.45, 7) is 7.20. The van der Waals surface area contributed by atoms with Gasteiger partial charge in [0.15, 0.2) is 0 Å². The minimum atomic E-state index is 0.0745. The smallest absolute Gasteiger partial charge is 0.0741 e. The summed E-state index contributed by atoms with van der Waals surface area (Å²) < 4.78 is 11.7. The molecule has 1 aromatic heterocycles. The topological polar surface area (TPSA) is 30.5 Å². The fraction of sp³-hybridized carbons (Fsp3) is 0.765. The number of rotatable bonds is 4. The van der Waals surface area contributed by atoms with Crippen LogP contribution in [0.2, 0.25) is 0 Å². The Hall–Kier alpha value is -0.420. The molecule has 2 saturated heterocycles. The third-order valence-electron chi connectivity index (χ3n) is 4.83. The Morgan fingerprint density at radius 3 is 2.76 bits per heavy atom. The largest absolute Gasteiger partial charge is 0.381 e. The standard InChI is InChI=1S/C17H27NO2S/c1-13(2)16(15-4-3-11-21-15)18-14-5-8-20-17(12-14)6-9-19-10-7-17/h3-4,11,13-14,16,18H,5-10,12H2,1-2H3. The first-order chi connectivity index (χ1) is 10.2. The van der Waals surface area contributed by atoms with E-state index in [1.54, 1.807) is 0 Å². The van der Waals surface area contributed by atoms with E-state index in [4.69, 9.17) is 9.47 Å². The van der Waals surface area contributed by atoms with Gasteiger partial charge in [0.1, 0.15) is 0 Å². The zero-order valence-corrected chi connectivity index (χ0v) is 14.0. The normalized spacial score (nSPS) is 27.1. The van der Waals surface area contributed by atoms with Crippen molar-refractivity contribution in [3.8, 4) is 0 Å². The van der Waals surface area contributed by atoms with Crippen molar-refractivity contribution in [2.45, 2.75) is 57.2 Å². The highest BCUT2D eigenvalue weighted by Crippen LogP contribution is 2.36. The molecule has 0 aliphatic carbocycles. The molecular weight excluding hydrogens is 282 g/mol. The van der Waals surface area contributed by atoms with E-state index in [9.17, 15) is 0 Å². The highest BCUT2D eigenvalue weighted by molar-refractivity contribution is 7.10. The number of hydrogen-bond donors (Lipinski definition) is 1. The predicted octanol–water partition coefficient (Wildman–Crippen LogP) is 3.76. The lowest BCUT2D eigenvalue weighted by Crippen LogP contribution is -2.50. The van der Waals surface area contributed by atoms with Gasteiger partial charge in [-0.2, -0.15) is 0 Å². The molecule has 1 aromatic rings. The molecule has 1 spiro atoms. The molecule has 2 atom stereocenters. The van der Waals surface area contributed by atoms with Crippen LogP contribution < -0.4 is 5.32 Å². The van der Waals surface area contributed by atoms with E-state index in [0.29, 0.717) is 18.0 Å². The van der Waals surface area contributed by atoms with Crippen LogP contribution in [0.15, 0.2) is 17.5 Å². The fourth-order valence-corrected chi connectivity index (χ4v) is 4.55. The molecule has 3 heterocycles. The summed E-state index contributed by atoms with van der Waals surface area (Å²) in [7, 11) is 0. The Morgan fingerprint density at radius 2 is 2.10 bits per heavy atom. The molecule has 4 heteroatoms. The van der Waals surface area contributed by atoms with Crippen LogP contribution >= 0.6 is 11.3 Å². The van der Waals surface area contributed by atoms with Gasteiger partial charge in [0, 0.05) is 36.8 Å². The second-order valence-corrected chi connectivity index (χ2v) is 7.72. The van der Waals surface area contributed by atoms with E-state index in [-0.39, 0.29) is 5.60 Å². The van der Waals surface area contributed by atoms with Crippen molar-refractivity contribution < 1.29 is 9.47 Å². The Balaban J connectivity index is 1.65. The summed E-state index contributed by atoms with van der Waals surface area (Å²) in [4.78, 5) is 1.46. The van der Waals surface area contributed by atoms with Crippen LogP contribution in [0.25, 0.3) is 0 Å². The van der Waals surface area contributed by atoms with E-state index in [0.717, 1.165) is 45.5 Å². The maximum absolute atomic E-state index is 6.15. The number of nitrogens with one attached hydrogen (secondary N) is 1. The molecule has 0 saturated carbocycles. The average Bonchev–Trinajstić information content (AvgIpc) is 2.99. The first kappa shape index (κ1) is 15.5. The number of thiophene rings is 1. The lowest BCUT2D eigenvalue weighted by atomic mass is 9.83. The van der Waals surface area contributed by atoms with Crippen molar-refractivity contribution >= 4 is 11.3 Å². The minimum Gasteiger partial charge on any atom is -0.381 e. The molecule has 2 unspecified atom stereocenters. The highest BCUT2D eigenvalue weighted by atomic mass is 32.1. The summed E-state index contributed by atoms with van der Waals surface area (Å²) in [6.07, 6.45) is 4.36. The molecule has 2 aliphatic heterocycles. The zero-order chi connectivity index (χ0) is 14.7. The summed E-state index contributed by atoms with van der Waals surface area (Å²) >= 11 is 1.86. The molecule has 1 N–H and O–H groups in total. The van der Waals surface area contributed by atoms with Crippen molar-refractivity contribution in [1.82, 2.24) is 5.32 Å². The molecule has 3 rings (SSSR count). The van der Waals surface area contributed by atoms with Gasteiger partial charge in [-0.15, -0.1) is 11.3 Å². The summed E-state index contributed by atoms with van der Waals surface area (Å²) in [5.74, 6) is 0.608. The molecule has 2 aliphatic rings. The Bertz CT molecular complexity index is 420. The fourth-order valence-electron chi connectivity index (χ4n) is 3.59. The maximum atomic E-state index is 6.15. The van der Waals surface area contributed by atoms with Gasteiger partial charge >= 0.3 is 0 Å². The van der Waals surface area contributed by atoms with Crippen LogP contribution in [-0.4, -0.2) is 31.5 Å². The summed E-state index contributed by atoms with van der Waals surface area (Å²) in [5.41, 5.74) is 0.0745. The van der Waals surface area contributed by atoms with Crippen molar-refractivity contribution in [3.05, 3.63) is 22.4 Å². The first-order valence-corrected chi connectivity index (χ1v) is 9.08. The molecule has 3 nitrogen and oxygen atoms in total. The molecular formula is C17H27NO2S. The third-order valence-corrected chi connectivity index (χ3v) is 5.78. The molecule has 0 aromatic carbocycles. The van der Waals surface area contributed by atoms with E-state index in [2.05, 4.69) is 36.7 Å². The molecule has 0 bridgehead atoms. The van der Waals surface area contributed by atoms with Gasteiger partial charge in [-0.25, -0.2) is 0 Å². The number of hydrogen-bond acceptors (Lipinski definition) is 4. The Morgan fingerprint density at radius 1 is 1.29 bits per heavy atom. The number of ether oxygens (including phenoxy) is 2. The predicted molar refractivity (Wildman–Crippen MR) is 86.8 cm³/mol. The summed E-state index contributed by atoms with van der Waals surface area (Å²) in [5, 5.41) is 6.10. The van der Waals surface area contributed by atoms with Crippen molar-refractivity contribution in [3.63, 3.8) is 0 Å². The first-order valence-electron chi connectivity index (χ1n) is 8.20. The van der Waals surface area contributed by atoms with Crippen LogP contribution in [0.5, 0.6) is 0 Å².